The molecule has 0 bridgehead atoms. The van der Waals surface area contributed by atoms with E-state index in [1.807, 2.05) is 6.07 Å². The van der Waals surface area contributed by atoms with Crippen LogP contribution in [0.2, 0.25) is 0 Å². The summed E-state index contributed by atoms with van der Waals surface area (Å²) < 4.78 is 57.8. The lowest BCUT2D eigenvalue weighted by Gasteiger charge is -2.37. The summed E-state index contributed by atoms with van der Waals surface area (Å²) in [5.41, 5.74) is -0.901. The molecule has 1 N–H and O–H groups in total. The summed E-state index contributed by atoms with van der Waals surface area (Å²) in [6.07, 6.45) is -4.87. The Morgan fingerprint density at radius 3 is 2.67 bits per heavy atom. The van der Waals surface area contributed by atoms with Gasteiger partial charge in [0.1, 0.15) is 11.6 Å². The van der Waals surface area contributed by atoms with Crippen molar-refractivity contribution < 1.29 is 27.1 Å². The normalized spacial score (nSPS) is 17.7. The number of rotatable bonds is 3. The molecular formula is C19H18F4N2O2. The molecule has 27 heavy (non-hydrogen) atoms. The van der Waals surface area contributed by atoms with Crippen LogP contribution in [0.4, 0.5) is 17.6 Å². The third kappa shape index (κ3) is 3.90. The first-order valence-corrected chi connectivity index (χ1v) is 8.34. The molecule has 1 fully saturated rings. The van der Waals surface area contributed by atoms with Gasteiger partial charge in [-0.25, -0.2) is 4.39 Å². The van der Waals surface area contributed by atoms with Gasteiger partial charge < -0.3 is 15.0 Å². The Balaban J connectivity index is 1.97. The molecule has 0 aliphatic carbocycles. The Kier molecular flexibility index (Phi) is 5.36. The Bertz CT molecular complexity index is 839. The second-order valence-electron chi connectivity index (χ2n) is 6.15. The van der Waals surface area contributed by atoms with Gasteiger partial charge in [0.15, 0.2) is 0 Å². The number of alkyl halides is 3. The van der Waals surface area contributed by atoms with Crippen molar-refractivity contribution in [2.45, 2.75) is 12.2 Å². The van der Waals surface area contributed by atoms with Gasteiger partial charge >= 0.3 is 6.18 Å². The van der Waals surface area contributed by atoms with Gasteiger partial charge in [0.2, 0.25) is 0 Å². The van der Waals surface area contributed by atoms with Gasteiger partial charge in [-0.3, -0.25) is 4.79 Å². The zero-order chi connectivity index (χ0) is 19.6. The van der Waals surface area contributed by atoms with Crippen LogP contribution in [0.15, 0.2) is 42.5 Å². The lowest BCUT2D eigenvalue weighted by Crippen LogP contribution is -2.48. The number of nitrogens with zero attached hydrogens (tertiary/aromatic N) is 1. The van der Waals surface area contributed by atoms with E-state index in [2.05, 4.69) is 5.32 Å². The van der Waals surface area contributed by atoms with Crippen LogP contribution in [-0.2, 0) is 6.18 Å². The SMILES string of the molecule is COc1ccccc1C1CNCCN1C(=O)c1ccc(F)c(C(F)(F)F)c1. The van der Waals surface area contributed by atoms with Crippen molar-refractivity contribution in [1.29, 1.82) is 0 Å². The number of nitrogens with one attached hydrogen (secondary N) is 1. The molecule has 1 amide bonds. The number of carbonyl (C=O) groups excluding carboxylic acids is 1. The summed E-state index contributed by atoms with van der Waals surface area (Å²) in [5.74, 6) is -1.40. The molecule has 1 saturated heterocycles. The smallest absolute Gasteiger partial charge is 0.419 e. The number of hydrogen-bond donors (Lipinski definition) is 1. The topological polar surface area (TPSA) is 41.6 Å². The molecule has 0 saturated carbocycles. The zero-order valence-corrected chi connectivity index (χ0v) is 14.5. The Labute approximate surface area is 153 Å². The molecule has 144 valence electrons. The molecule has 1 heterocycles. The third-order valence-corrected chi connectivity index (χ3v) is 4.52. The fraction of sp³-hybridized carbons (Fsp3) is 0.316. The molecule has 0 spiro atoms. The van der Waals surface area contributed by atoms with Crippen LogP contribution in [0.5, 0.6) is 5.75 Å². The van der Waals surface area contributed by atoms with Crippen molar-refractivity contribution >= 4 is 5.91 Å². The van der Waals surface area contributed by atoms with Crippen LogP contribution < -0.4 is 10.1 Å². The van der Waals surface area contributed by atoms with Gasteiger partial charge in [-0.05, 0) is 24.3 Å². The van der Waals surface area contributed by atoms with Gasteiger partial charge in [0.25, 0.3) is 5.91 Å². The zero-order valence-electron chi connectivity index (χ0n) is 14.5. The highest BCUT2D eigenvalue weighted by Gasteiger charge is 2.36. The largest absolute Gasteiger partial charge is 0.496 e. The minimum atomic E-state index is -4.87. The molecular weight excluding hydrogens is 364 g/mol. The molecule has 0 radical (unpaired) electrons. The van der Waals surface area contributed by atoms with Crippen LogP contribution in [0, 0.1) is 5.82 Å². The predicted octanol–water partition coefficient (Wildman–Crippen LogP) is 3.64. The number of amides is 1. The quantitative estimate of drug-likeness (QED) is 0.825. The van der Waals surface area contributed by atoms with E-state index in [1.54, 1.807) is 18.2 Å². The van der Waals surface area contributed by atoms with E-state index in [-0.39, 0.29) is 5.56 Å². The van der Waals surface area contributed by atoms with E-state index in [0.717, 1.165) is 11.6 Å². The van der Waals surface area contributed by atoms with Crippen molar-refractivity contribution in [1.82, 2.24) is 10.2 Å². The number of ether oxygens (including phenoxy) is 1. The van der Waals surface area contributed by atoms with Crippen molar-refractivity contribution in [2.24, 2.45) is 0 Å². The minimum Gasteiger partial charge on any atom is -0.496 e. The van der Waals surface area contributed by atoms with E-state index >= 15 is 0 Å². The standard InChI is InChI=1S/C19H18F4N2O2/c1-27-17-5-3-2-4-13(17)16-11-24-8-9-25(16)18(26)12-6-7-15(20)14(10-12)19(21,22)23/h2-7,10,16,24H,8-9,11H2,1H3. The summed E-state index contributed by atoms with van der Waals surface area (Å²) in [7, 11) is 1.51. The minimum absolute atomic E-state index is 0.203. The average molecular weight is 382 g/mol. The van der Waals surface area contributed by atoms with Gasteiger partial charge in [0, 0.05) is 30.8 Å². The number of para-hydroxylation sites is 1. The predicted molar refractivity (Wildman–Crippen MR) is 91.0 cm³/mol. The molecule has 1 aliphatic rings. The number of methoxy groups -OCH3 is 1. The van der Waals surface area contributed by atoms with Crippen molar-refractivity contribution in [2.75, 3.05) is 26.7 Å². The van der Waals surface area contributed by atoms with Crippen LogP contribution >= 0.6 is 0 Å². The highest BCUT2D eigenvalue weighted by atomic mass is 19.4. The number of benzene rings is 2. The first-order valence-electron chi connectivity index (χ1n) is 8.34. The lowest BCUT2D eigenvalue weighted by atomic mass is 10.00. The molecule has 1 atom stereocenters. The van der Waals surface area contributed by atoms with E-state index < -0.39 is 29.5 Å². The van der Waals surface area contributed by atoms with Crippen molar-refractivity contribution in [3.63, 3.8) is 0 Å². The first-order chi connectivity index (χ1) is 12.8. The van der Waals surface area contributed by atoms with E-state index in [0.29, 0.717) is 37.5 Å². The first kappa shape index (κ1) is 19.2. The second-order valence-corrected chi connectivity index (χ2v) is 6.15. The van der Waals surface area contributed by atoms with Crippen LogP contribution in [0.3, 0.4) is 0 Å². The highest BCUT2D eigenvalue weighted by Crippen LogP contribution is 2.34. The highest BCUT2D eigenvalue weighted by molar-refractivity contribution is 5.95. The van der Waals surface area contributed by atoms with Crippen molar-refractivity contribution in [3.05, 3.63) is 65.0 Å². The molecule has 1 unspecified atom stereocenters. The average Bonchev–Trinajstić information content (AvgIpc) is 2.67. The Morgan fingerprint density at radius 1 is 1.22 bits per heavy atom. The molecule has 3 rings (SSSR count). The summed E-state index contributed by atoms with van der Waals surface area (Å²) in [5, 5.41) is 3.18. The molecule has 2 aromatic rings. The fourth-order valence-electron chi connectivity index (χ4n) is 3.21. The van der Waals surface area contributed by atoms with Crippen LogP contribution in [0.25, 0.3) is 0 Å². The monoisotopic (exact) mass is 382 g/mol. The Hall–Kier alpha value is -2.61. The number of halogens is 4. The fourth-order valence-corrected chi connectivity index (χ4v) is 3.21. The van der Waals surface area contributed by atoms with Crippen LogP contribution in [-0.4, -0.2) is 37.6 Å². The maximum atomic E-state index is 13.5. The summed E-state index contributed by atoms with van der Waals surface area (Å²) >= 11 is 0. The van der Waals surface area contributed by atoms with E-state index in [1.165, 1.54) is 12.0 Å². The maximum Gasteiger partial charge on any atom is 0.419 e. The summed E-state index contributed by atoms with van der Waals surface area (Å²) in [4.78, 5) is 14.4. The molecule has 1 aliphatic heterocycles. The van der Waals surface area contributed by atoms with Gasteiger partial charge in [-0.1, -0.05) is 18.2 Å². The third-order valence-electron chi connectivity index (χ3n) is 4.52. The molecule has 4 nitrogen and oxygen atoms in total. The number of hydrogen-bond acceptors (Lipinski definition) is 3. The van der Waals surface area contributed by atoms with Gasteiger partial charge in [0.05, 0.1) is 18.7 Å². The van der Waals surface area contributed by atoms with E-state index in [9.17, 15) is 22.4 Å². The summed E-state index contributed by atoms with van der Waals surface area (Å²) in [6.45, 7) is 1.24. The summed E-state index contributed by atoms with van der Waals surface area (Å²) in [6, 6.07) is 9.06. The van der Waals surface area contributed by atoms with E-state index in [4.69, 9.17) is 4.74 Å². The second kappa shape index (κ2) is 7.56. The van der Waals surface area contributed by atoms with Gasteiger partial charge in [-0.2, -0.15) is 13.2 Å². The molecule has 8 heteroatoms. The van der Waals surface area contributed by atoms with Crippen LogP contribution in [0.1, 0.15) is 27.5 Å². The maximum absolute atomic E-state index is 13.5. The number of carbonyl (C=O) groups is 1. The Morgan fingerprint density at radius 2 is 1.96 bits per heavy atom. The lowest BCUT2D eigenvalue weighted by molar-refractivity contribution is -0.140. The molecule has 0 aromatic heterocycles. The van der Waals surface area contributed by atoms with Gasteiger partial charge in [-0.15, -0.1) is 0 Å². The molecule has 2 aromatic carbocycles. The number of piperazine rings is 1. The van der Waals surface area contributed by atoms with Crippen molar-refractivity contribution in [3.8, 4) is 5.75 Å².